The number of hydrogen-bond acceptors (Lipinski definition) is 5. The third kappa shape index (κ3) is 29.6. The van der Waals surface area contributed by atoms with Crippen LogP contribution in [0.2, 0.25) is 0 Å². The first-order valence-corrected chi connectivity index (χ1v) is 21.4. The van der Waals surface area contributed by atoms with Gasteiger partial charge >= 0.3 is 17.9 Å². The highest BCUT2D eigenvalue weighted by Gasteiger charge is 2.15. The molecule has 1 aromatic rings. The summed E-state index contributed by atoms with van der Waals surface area (Å²) in [5.41, 5.74) is 0.550. The average molecular weight is 713 g/mol. The van der Waals surface area contributed by atoms with E-state index in [-0.39, 0.29) is 23.4 Å². The molecule has 0 aliphatic rings. The second-order valence-electron chi connectivity index (χ2n) is 14.7. The topological polar surface area (TPSA) is 89.9 Å². The lowest BCUT2D eigenvalue weighted by Gasteiger charge is -2.12. The highest BCUT2D eigenvalue weighted by atomic mass is 16.6. The van der Waals surface area contributed by atoms with E-state index in [0.29, 0.717) is 18.4 Å². The molecular weight excluding hydrogens is 636 g/mol. The lowest BCUT2D eigenvalue weighted by molar-refractivity contribution is -0.137. The molecule has 0 aliphatic heterocycles. The van der Waals surface area contributed by atoms with Crippen molar-refractivity contribution >= 4 is 24.0 Å². The van der Waals surface area contributed by atoms with E-state index < -0.39 is 5.97 Å². The van der Waals surface area contributed by atoms with Crippen LogP contribution in [0.15, 0.2) is 24.3 Å². The summed E-state index contributed by atoms with van der Waals surface area (Å²) in [6.07, 6.45) is 40.9. The van der Waals surface area contributed by atoms with Gasteiger partial charge in [0.05, 0.1) is 0 Å². The molecule has 0 unspecified atom stereocenters. The van der Waals surface area contributed by atoms with Gasteiger partial charge < -0.3 is 14.6 Å². The second kappa shape index (κ2) is 34.5. The third-order valence-corrected chi connectivity index (χ3v) is 9.80. The summed E-state index contributed by atoms with van der Waals surface area (Å²) >= 11 is 0. The minimum absolute atomic E-state index is 0.151. The van der Waals surface area contributed by atoms with Crippen molar-refractivity contribution in [3.63, 3.8) is 0 Å². The maximum Gasteiger partial charge on any atom is 0.328 e. The number of unbranched alkanes of at least 4 members (excludes halogenated alkanes) is 28. The fourth-order valence-corrected chi connectivity index (χ4v) is 6.59. The Kier molecular flexibility index (Phi) is 31.3. The van der Waals surface area contributed by atoms with Crippen LogP contribution in [0.3, 0.4) is 0 Å². The molecule has 1 aromatic carbocycles. The Hall–Kier alpha value is -2.63. The van der Waals surface area contributed by atoms with Crippen molar-refractivity contribution in [3.05, 3.63) is 29.8 Å². The van der Waals surface area contributed by atoms with E-state index in [4.69, 9.17) is 14.6 Å². The van der Waals surface area contributed by atoms with Crippen LogP contribution < -0.4 is 9.47 Å². The maximum atomic E-state index is 12.7. The summed E-state index contributed by atoms with van der Waals surface area (Å²) in [6.45, 7) is 4.53. The van der Waals surface area contributed by atoms with Gasteiger partial charge in [-0.2, -0.15) is 0 Å². The van der Waals surface area contributed by atoms with Gasteiger partial charge in [-0.1, -0.05) is 200 Å². The van der Waals surface area contributed by atoms with E-state index in [9.17, 15) is 14.4 Å². The molecule has 0 atom stereocenters. The van der Waals surface area contributed by atoms with Gasteiger partial charge in [0, 0.05) is 18.9 Å². The minimum Gasteiger partial charge on any atom is -0.478 e. The highest BCUT2D eigenvalue weighted by molar-refractivity contribution is 5.85. The highest BCUT2D eigenvalue weighted by Crippen LogP contribution is 2.30. The van der Waals surface area contributed by atoms with Gasteiger partial charge in [-0.15, -0.1) is 0 Å². The fraction of sp³-hybridized carbons (Fsp3) is 0.756. The molecule has 0 amide bonds. The zero-order valence-corrected chi connectivity index (χ0v) is 33.0. The zero-order chi connectivity index (χ0) is 37.0. The standard InChI is InChI=1S/C45H76O6/c1-3-5-7-9-11-13-15-17-19-21-23-25-27-29-31-33-44(48)50-41-37-35-40(36-38-43(46)47)39-42(41)51-45(49)34-32-30-28-26-24-22-20-18-16-14-12-10-8-6-4-2/h35-39H,3-34H2,1-2H3,(H,46,47)/b38-36+. The first-order chi connectivity index (χ1) is 25.0. The molecule has 292 valence electrons. The van der Waals surface area contributed by atoms with Gasteiger partial charge in [0.25, 0.3) is 0 Å². The molecule has 0 spiro atoms. The number of carbonyl (C=O) groups is 3. The molecule has 0 saturated carbocycles. The minimum atomic E-state index is -1.07. The molecule has 51 heavy (non-hydrogen) atoms. The quantitative estimate of drug-likeness (QED) is 0.0322. The number of carboxylic acid groups (broad SMARTS) is 1. The smallest absolute Gasteiger partial charge is 0.328 e. The van der Waals surface area contributed by atoms with Crippen LogP contribution >= 0.6 is 0 Å². The second-order valence-corrected chi connectivity index (χ2v) is 14.7. The average Bonchev–Trinajstić information content (AvgIpc) is 3.11. The molecule has 6 heteroatoms. The number of ether oxygens (including phenoxy) is 2. The van der Waals surface area contributed by atoms with Crippen molar-refractivity contribution in [2.24, 2.45) is 0 Å². The van der Waals surface area contributed by atoms with Gasteiger partial charge in [-0.3, -0.25) is 9.59 Å². The predicted molar refractivity (Wildman–Crippen MR) is 213 cm³/mol. The van der Waals surface area contributed by atoms with Crippen LogP contribution in [0.4, 0.5) is 0 Å². The summed E-state index contributed by atoms with van der Waals surface area (Å²) in [6, 6.07) is 4.78. The molecule has 0 bridgehead atoms. The summed E-state index contributed by atoms with van der Waals surface area (Å²) in [4.78, 5) is 36.4. The number of rotatable bonds is 36. The molecule has 0 saturated heterocycles. The molecule has 0 aliphatic carbocycles. The van der Waals surface area contributed by atoms with Crippen LogP contribution in [0.25, 0.3) is 6.08 Å². The largest absolute Gasteiger partial charge is 0.478 e. The Morgan fingerprint density at radius 2 is 0.784 bits per heavy atom. The normalized spacial score (nSPS) is 11.3. The summed E-state index contributed by atoms with van der Waals surface area (Å²) in [5.74, 6) is -1.45. The molecule has 0 fully saturated rings. The first-order valence-electron chi connectivity index (χ1n) is 21.4. The number of aliphatic carboxylic acids is 1. The monoisotopic (exact) mass is 713 g/mol. The first kappa shape index (κ1) is 46.4. The fourth-order valence-electron chi connectivity index (χ4n) is 6.59. The van der Waals surface area contributed by atoms with Crippen LogP contribution in [0.1, 0.15) is 225 Å². The molecule has 0 heterocycles. The SMILES string of the molecule is CCCCCCCCCCCCCCCCCC(=O)Oc1ccc(/C=C/C(=O)O)cc1OC(=O)CCCCCCCCCCCCCCCCC. The Morgan fingerprint density at radius 1 is 0.471 bits per heavy atom. The zero-order valence-electron chi connectivity index (χ0n) is 33.0. The van der Waals surface area contributed by atoms with Crippen LogP contribution in [-0.2, 0) is 14.4 Å². The Morgan fingerprint density at radius 3 is 1.12 bits per heavy atom. The van der Waals surface area contributed by atoms with Gasteiger partial charge in [0.15, 0.2) is 11.5 Å². The van der Waals surface area contributed by atoms with E-state index in [2.05, 4.69) is 13.8 Å². The van der Waals surface area contributed by atoms with E-state index in [1.807, 2.05) is 0 Å². The van der Waals surface area contributed by atoms with E-state index >= 15 is 0 Å². The predicted octanol–water partition coefficient (Wildman–Crippen LogP) is 14.1. The summed E-state index contributed by atoms with van der Waals surface area (Å²) in [5, 5.41) is 9.02. The van der Waals surface area contributed by atoms with Gasteiger partial charge in [0.2, 0.25) is 0 Å². The Labute approximate surface area is 312 Å². The van der Waals surface area contributed by atoms with Crippen LogP contribution in [-0.4, -0.2) is 23.0 Å². The van der Waals surface area contributed by atoms with Crippen molar-refractivity contribution < 1.29 is 29.0 Å². The maximum absolute atomic E-state index is 12.7. The molecule has 6 nitrogen and oxygen atoms in total. The number of benzene rings is 1. The number of hydrogen-bond donors (Lipinski definition) is 1. The number of carboxylic acids is 1. The summed E-state index contributed by atoms with van der Waals surface area (Å²) < 4.78 is 11.3. The van der Waals surface area contributed by atoms with Gasteiger partial charge in [-0.25, -0.2) is 4.79 Å². The van der Waals surface area contributed by atoms with Crippen molar-refractivity contribution in [3.8, 4) is 11.5 Å². The number of carbonyl (C=O) groups excluding carboxylic acids is 2. The van der Waals surface area contributed by atoms with Crippen LogP contribution in [0, 0.1) is 0 Å². The Bertz CT molecular complexity index is 1030. The molecular formula is C45H76O6. The van der Waals surface area contributed by atoms with Gasteiger partial charge in [-0.05, 0) is 36.6 Å². The molecule has 0 aromatic heterocycles. The summed E-state index contributed by atoms with van der Waals surface area (Å²) in [7, 11) is 0. The lowest BCUT2D eigenvalue weighted by Crippen LogP contribution is -2.12. The molecule has 1 rings (SSSR count). The van der Waals surface area contributed by atoms with Crippen molar-refractivity contribution in [2.75, 3.05) is 0 Å². The van der Waals surface area contributed by atoms with Crippen molar-refractivity contribution in [1.29, 1.82) is 0 Å². The van der Waals surface area contributed by atoms with E-state index in [0.717, 1.165) is 44.6 Å². The number of esters is 2. The van der Waals surface area contributed by atoms with Crippen molar-refractivity contribution in [2.45, 2.75) is 219 Å². The van der Waals surface area contributed by atoms with Crippen molar-refractivity contribution in [1.82, 2.24) is 0 Å². The third-order valence-electron chi connectivity index (χ3n) is 9.80. The Balaban J connectivity index is 2.27. The van der Waals surface area contributed by atoms with Gasteiger partial charge in [0.1, 0.15) is 0 Å². The van der Waals surface area contributed by atoms with Crippen LogP contribution in [0.5, 0.6) is 11.5 Å². The lowest BCUT2D eigenvalue weighted by atomic mass is 10.0. The van der Waals surface area contributed by atoms with E-state index in [1.54, 1.807) is 18.2 Å². The molecule has 0 radical (unpaired) electrons. The van der Waals surface area contributed by atoms with E-state index in [1.165, 1.54) is 160 Å². The molecule has 1 N–H and O–H groups in total.